The zero-order valence-corrected chi connectivity index (χ0v) is 15.4. The number of hydrogen-bond donors (Lipinski definition) is 2. The molecule has 0 saturated carbocycles. The van der Waals surface area contributed by atoms with Gasteiger partial charge in [-0.05, 0) is 55.3 Å². The zero-order chi connectivity index (χ0) is 18.1. The molecular formula is C19H21N3O3S. The smallest absolute Gasteiger partial charge is 0.268 e. The maximum Gasteiger partial charge on any atom is 0.268 e. The van der Waals surface area contributed by atoms with Crippen LogP contribution >= 0.6 is 11.3 Å². The predicted molar refractivity (Wildman–Crippen MR) is 103 cm³/mol. The summed E-state index contributed by atoms with van der Waals surface area (Å²) in [7, 11) is 1.64. The van der Waals surface area contributed by atoms with E-state index in [0.29, 0.717) is 17.1 Å². The highest BCUT2D eigenvalue weighted by atomic mass is 32.1. The number of aliphatic hydroxyl groups excluding tert-OH is 1. The lowest BCUT2D eigenvalue weighted by atomic mass is 10.2. The largest absolute Gasteiger partial charge is 0.497 e. The van der Waals surface area contributed by atoms with E-state index >= 15 is 0 Å². The fourth-order valence-corrected chi connectivity index (χ4v) is 4.46. The predicted octanol–water partition coefficient (Wildman–Crippen LogP) is 2.62. The summed E-state index contributed by atoms with van der Waals surface area (Å²) in [6, 6.07) is 9.90. The van der Waals surface area contributed by atoms with Gasteiger partial charge in [0.2, 0.25) is 0 Å². The van der Waals surface area contributed by atoms with Gasteiger partial charge in [-0.1, -0.05) is 0 Å². The summed E-state index contributed by atoms with van der Waals surface area (Å²) in [6.07, 6.45) is 2.06. The first-order valence-electron chi connectivity index (χ1n) is 8.70. The summed E-state index contributed by atoms with van der Waals surface area (Å²) >= 11 is 1.45. The average molecular weight is 371 g/mol. The Balaban J connectivity index is 1.65. The van der Waals surface area contributed by atoms with Crippen molar-refractivity contribution in [1.82, 2.24) is 14.9 Å². The standard InChI is InChI=1S/C19H21N3O3S/c1-25-14-6-4-12(5-7-14)16-9-15-18(26-16)19(24)21-17(20-15)10-22-8-2-3-13(22)11-23/h4-7,9,13,23H,2-3,8,10-11H2,1H3,(H,20,21,24)/t13-/m0/s1. The molecule has 0 bridgehead atoms. The van der Waals surface area contributed by atoms with Crippen LogP contribution in [0.2, 0.25) is 0 Å². The van der Waals surface area contributed by atoms with E-state index in [0.717, 1.165) is 41.1 Å². The van der Waals surface area contributed by atoms with Crippen LogP contribution in [0.5, 0.6) is 5.75 Å². The molecular weight excluding hydrogens is 350 g/mol. The van der Waals surface area contributed by atoms with E-state index in [2.05, 4.69) is 14.9 Å². The van der Waals surface area contributed by atoms with Gasteiger partial charge in [-0.3, -0.25) is 9.69 Å². The minimum atomic E-state index is -0.102. The summed E-state index contributed by atoms with van der Waals surface area (Å²) < 4.78 is 5.83. The summed E-state index contributed by atoms with van der Waals surface area (Å²) in [5.74, 6) is 1.46. The van der Waals surface area contributed by atoms with Crippen molar-refractivity contribution in [2.45, 2.75) is 25.4 Å². The number of aromatic amines is 1. The number of hydrogen-bond acceptors (Lipinski definition) is 6. The van der Waals surface area contributed by atoms with Crippen LogP contribution in [0.4, 0.5) is 0 Å². The number of fused-ring (bicyclic) bond motifs is 1. The Hall–Kier alpha value is -2.22. The quantitative estimate of drug-likeness (QED) is 0.721. The van der Waals surface area contributed by atoms with Gasteiger partial charge in [0.15, 0.2) is 0 Å². The number of H-pyrrole nitrogens is 1. The van der Waals surface area contributed by atoms with Crippen LogP contribution in [-0.4, -0.2) is 46.3 Å². The molecule has 3 heterocycles. The molecule has 0 radical (unpaired) electrons. The summed E-state index contributed by atoms with van der Waals surface area (Å²) in [4.78, 5) is 23.2. The Bertz CT molecular complexity index is 964. The van der Waals surface area contributed by atoms with Gasteiger partial charge >= 0.3 is 0 Å². The molecule has 4 rings (SSSR count). The molecule has 1 aromatic carbocycles. The minimum Gasteiger partial charge on any atom is -0.497 e. The third kappa shape index (κ3) is 3.25. The van der Waals surface area contributed by atoms with E-state index in [-0.39, 0.29) is 18.2 Å². The van der Waals surface area contributed by atoms with Crippen molar-refractivity contribution >= 4 is 21.6 Å². The van der Waals surface area contributed by atoms with Gasteiger partial charge in [-0.25, -0.2) is 4.98 Å². The lowest BCUT2D eigenvalue weighted by Crippen LogP contribution is -2.32. The van der Waals surface area contributed by atoms with Crippen LogP contribution < -0.4 is 10.3 Å². The van der Waals surface area contributed by atoms with Crippen LogP contribution in [0.25, 0.3) is 20.7 Å². The number of aromatic nitrogens is 2. The maximum absolute atomic E-state index is 12.5. The van der Waals surface area contributed by atoms with E-state index in [1.165, 1.54) is 11.3 Å². The first-order chi connectivity index (χ1) is 12.7. The molecule has 1 atom stereocenters. The molecule has 3 aromatic rings. The second-order valence-electron chi connectivity index (χ2n) is 6.52. The van der Waals surface area contributed by atoms with E-state index < -0.39 is 0 Å². The number of nitrogens with one attached hydrogen (secondary N) is 1. The number of nitrogens with zero attached hydrogens (tertiary/aromatic N) is 2. The van der Waals surface area contributed by atoms with Crippen molar-refractivity contribution in [2.75, 3.05) is 20.3 Å². The Labute approximate surface area is 155 Å². The number of likely N-dealkylation sites (tertiary alicyclic amines) is 1. The molecule has 1 saturated heterocycles. The van der Waals surface area contributed by atoms with Crippen LogP contribution in [-0.2, 0) is 6.54 Å². The molecule has 0 spiro atoms. The van der Waals surface area contributed by atoms with Crippen molar-refractivity contribution < 1.29 is 9.84 Å². The molecule has 7 heteroatoms. The number of thiophene rings is 1. The van der Waals surface area contributed by atoms with Gasteiger partial charge in [0.25, 0.3) is 5.56 Å². The molecule has 0 amide bonds. The van der Waals surface area contributed by atoms with Crippen molar-refractivity contribution in [1.29, 1.82) is 0 Å². The van der Waals surface area contributed by atoms with Crippen LogP contribution in [0, 0.1) is 0 Å². The molecule has 26 heavy (non-hydrogen) atoms. The number of methoxy groups -OCH3 is 1. The molecule has 1 aliphatic heterocycles. The zero-order valence-electron chi connectivity index (χ0n) is 14.6. The third-order valence-electron chi connectivity index (χ3n) is 4.87. The highest BCUT2D eigenvalue weighted by Crippen LogP contribution is 2.32. The third-order valence-corrected chi connectivity index (χ3v) is 6.04. The minimum absolute atomic E-state index is 0.102. The first kappa shape index (κ1) is 17.2. The average Bonchev–Trinajstić information content (AvgIpc) is 3.28. The van der Waals surface area contributed by atoms with Crippen molar-refractivity contribution in [3.8, 4) is 16.2 Å². The highest BCUT2D eigenvalue weighted by Gasteiger charge is 2.24. The Morgan fingerprint density at radius 1 is 1.38 bits per heavy atom. The molecule has 6 nitrogen and oxygen atoms in total. The molecule has 136 valence electrons. The van der Waals surface area contributed by atoms with Crippen LogP contribution in [0.15, 0.2) is 35.1 Å². The van der Waals surface area contributed by atoms with Gasteiger partial charge in [-0.15, -0.1) is 11.3 Å². The first-order valence-corrected chi connectivity index (χ1v) is 9.51. The monoisotopic (exact) mass is 371 g/mol. The van der Waals surface area contributed by atoms with Crippen molar-refractivity contribution in [2.24, 2.45) is 0 Å². The van der Waals surface area contributed by atoms with E-state index in [4.69, 9.17) is 4.74 Å². The van der Waals surface area contributed by atoms with Gasteiger partial charge in [-0.2, -0.15) is 0 Å². The fraction of sp³-hybridized carbons (Fsp3) is 0.368. The van der Waals surface area contributed by atoms with Gasteiger partial charge < -0.3 is 14.8 Å². The van der Waals surface area contributed by atoms with Crippen molar-refractivity contribution in [3.05, 3.63) is 46.5 Å². The van der Waals surface area contributed by atoms with E-state index in [9.17, 15) is 9.90 Å². The molecule has 1 aliphatic rings. The van der Waals surface area contributed by atoms with Gasteiger partial charge in [0.1, 0.15) is 16.3 Å². The topological polar surface area (TPSA) is 78.5 Å². The normalized spacial score (nSPS) is 17.8. The van der Waals surface area contributed by atoms with E-state index in [1.807, 2.05) is 30.3 Å². The van der Waals surface area contributed by atoms with Crippen LogP contribution in [0.3, 0.4) is 0 Å². The molecule has 2 aromatic heterocycles. The second kappa shape index (κ2) is 7.19. The molecule has 1 fully saturated rings. The number of benzene rings is 1. The SMILES string of the molecule is COc1ccc(-c2cc3nc(CN4CCC[C@H]4CO)[nH]c(=O)c3s2)cc1. The summed E-state index contributed by atoms with van der Waals surface area (Å²) in [6.45, 7) is 1.63. The number of ether oxygens (including phenoxy) is 1. The second-order valence-corrected chi connectivity index (χ2v) is 7.57. The Kier molecular flexibility index (Phi) is 4.76. The lowest BCUT2D eigenvalue weighted by molar-refractivity contribution is 0.151. The van der Waals surface area contributed by atoms with E-state index in [1.54, 1.807) is 7.11 Å². The number of aliphatic hydroxyl groups is 1. The number of rotatable bonds is 5. The van der Waals surface area contributed by atoms with Gasteiger partial charge in [0.05, 0.1) is 25.8 Å². The van der Waals surface area contributed by atoms with Crippen molar-refractivity contribution in [3.63, 3.8) is 0 Å². The molecule has 0 unspecified atom stereocenters. The fourth-order valence-electron chi connectivity index (χ4n) is 3.46. The maximum atomic E-state index is 12.5. The summed E-state index contributed by atoms with van der Waals surface area (Å²) in [5, 5.41) is 9.47. The highest BCUT2D eigenvalue weighted by molar-refractivity contribution is 7.22. The summed E-state index contributed by atoms with van der Waals surface area (Å²) in [5.41, 5.74) is 1.66. The Morgan fingerprint density at radius 3 is 2.92 bits per heavy atom. The molecule has 0 aliphatic carbocycles. The van der Waals surface area contributed by atoms with Crippen LogP contribution in [0.1, 0.15) is 18.7 Å². The lowest BCUT2D eigenvalue weighted by Gasteiger charge is -2.21. The molecule has 2 N–H and O–H groups in total. The van der Waals surface area contributed by atoms with Gasteiger partial charge in [0, 0.05) is 10.9 Å². The Morgan fingerprint density at radius 2 is 2.19 bits per heavy atom.